The van der Waals surface area contributed by atoms with Gasteiger partial charge in [0.15, 0.2) is 0 Å². The Morgan fingerprint density at radius 3 is 1.16 bits per heavy atom. The molecule has 0 bridgehead atoms. The zero-order valence-electron chi connectivity index (χ0n) is 31.9. The Morgan fingerprint density at radius 1 is 0.429 bits per heavy atom. The third-order valence-electron chi connectivity index (χ3n) is 9.59. The van der Waals surface area contributed by atoms with E-state index in [-0.39, 0.29) is 20.4 Å². The van der Waals surface area contributed by atoms with Gasteiger partial charge in [0.2, 0.25) is 0 Å². The molecule has 278 valence electrons. The zero-order valence-corrected chi connectivity index (χ0v) is 33.5. The molecule has 0 saturated heterocycles. The molecule has 0 atom stereocenters. The maximum atomic E-state index is 5.04. The van der Waals surface area contributed by atoms with E-state index in [0.29, 0.717) is 0 Å². The molecule has 0 aliphatic heterocycles. The van der Waals surface area contributed by atoms with Crippen LogP contribution in [0.25, 0.3) is 0 Å². The molecule has 0 saturated carbocycles. The van der Waals surface area contributed by atoms with Crippen molar-refractivity contribution in [2.75, 3.05) is 0 Å². The van der Waals surface area contributed by atoms with Crippen LogP contribution in [-0.4, -0.2) is 11.4 Å². The molecule has 0 heterocycles. The van der Waals surface area contributed by atoms with Gasteiger partial charge >= 0.3 is 0 Å². The number of nitrogens with zero attached hydrogens (tertiary/aromatic N) is 2. The molecule has 0 aromatic heterocycles. The molecule has 2 nitrogen and oxygen atoms in total. The predicted molar refractivity (Wildman–Crippen MR) is 217 cm³/mol. The first-order valence-electron chi connectivity index (χ1n) is 20.8. The number of benzene rings is 2. The van der Waals surface area contributed by atoms with Crippen molar-refractivity contribution < 1.29 is 20.4 Å². The van der Waals surface area contributed by atoms with Crippen molar-refractivity contribution in [3.63, 3.8) is 0 Å². The maximum absolute atomic E-state index is 5.04. The van der Waals surface area contributed by atoms with Crippen LogP contribution in [0, 0.1) is 0 Å². The Balaban J connectivity index is 0.0000120. The summed E-state index contributed by atoms with van der Waals surface area (Å²) in [4.78, 5) is 10.1. The van der Waals surface area contributed by atoms with Crippen LogP contribution in [0.3, 0.4) is 0 Å². The standard InChI is InChI=1S/C46H74N2.Pd/c1-3-5-7-8-9-10-11-12-13-14-15-16-17-18-19-20-21-22-23-24-25-26-27-28-29-36-42-46(48-44-39-34-31-35-40-44)45(41-6-4-2)47-43-37-32-30-33-38-43;/h30-40,42H,3-29,41H2,1-2H3;/b42-36+,47-45+,48-46+;. The molecule has 0 spiro atoms. The normalized spacial score (nSPS) is 12.1. The van der Waals surface area contributed by atoms with Gasteiger partial charge in [-0.25, -0.2) is 4.99 Å². The summed E-state index contributed by atoms with van der Waals surface area (Å²) in [7, 11) is 0. The van der Waals surface area contributed by atoms with Gasteiger partial charge in [-0.05, 0) is 56.0 Å². The number of aliphatic imine (C=N–C) groups is 2. The third-order valence-corrected chi connectivity index (χ3v) is 9.59. The molecule has 0 N–H and O–H groups in total. The molecule has 0 amide bonds. The van der Waals surface area contributed by atoms with Crippen LogP contribution in [0.2, 0.25) is 0 Å². The van der Waals surface area contributed by atoms with Crippen LogP contribution in [0.4, 0.5) is 11.4 Å². The topological polar surface area (TPSA) is 24.7 Å². The van der Waals surface area contributed by atoms with E-state index in [1.807, 2.05) is 12.1 Å². The first-order chi connectivity index (χ1) is 23.8. The van der Waals surface area contributed by atoms with Gasteiger partial charge in [-0.1, -0.05) is 210 Å². The molecule has 2 aromatic carbocycles. The molecule has 2 rings (SSSR count). The minimum absolute atomic E-state index is 0. The van der Waals surface area contributed by atoms with Crippen molar-refractivity contribution in [1.29, 1.82) is 0 Å². The van der Waals surface area contributed by atoms with Crippen molar-refractivity contribution >= 4 is 22.8 Å². The summed E-state index contributed by atoms with van der Waals surface area (Å²) in [5, 5.41) is 0. The van der Waals surface area contributed by atoms with Crippen LogP contribution in [-0.2, 0) is 20.4 Å². The van der Waals surface area contributed by atoms with Gasteiger partial charge in [0.25, 0.3) is 0 Å². The Kier molecular flexibility index (Phi) is 31.9. The quantitative estimate of drug-likeness (QED) is 0.0403. The Labute approximate surface area is 318 Å². The average molecular weight is 762 g/mol. The summed E-state index contributed by atoms with van der Waals surface area (Å²) in [5.74, 6) is 0. The van der Waals surface area contributed by atoms with Crippen molar-refractivity contribution in [2.24, 2.45) is 9.98 Å². The zero-order chi connectivity index (χ0) is 34.0. The fraction of sp³-hybridized carbons (Fsp3) is 0.652. The van der Waals surface area contributed by atoms with E-state index in [9.17, 15) is 0 Å². The fourth-order valence-electron chi connectivity index (χ4n) is 6.50. The average Bonchev–Trinajstić information content (AvgIpc) is 3.12. The van der Waals surface area contributed by atoms with E-state index in [1.54, 1.807) is 0 Å². The molecular weight excluding hydrogens is 687 g/mol. The summed E-state index contributed by atoms with van der Waals surface area (Å²) in [6.07, 6.45) is 43.3. The molecule has 3 heteroatoms. The smallest absolute Gasteiger partial charge is 0.0848 e. The van der Waals surface area contributed by atoms with E-state index >= 15 is 0 Å². The number of hydrogen-bond donors (Lipinski definition) is 0. The van der Waals surface area contributed by atoms with Gasteiger partial charge in [-0.15, -0.1) is 0 Å². The number of hydrogen-bond acceptors (Lipinski definition) is 2. The van der Waals surface area contributed by atoms with Gasteiger partial charge in [-0.2, -0.15) is 0 Å². The molecule has 0 unspecified atom stereocenters. The second kappa shape index (κ2) is 34.6. The molecular formula is C46H74N2Pd. The van der Waals surface area contributed by atoms with E-state index in [0.717, 1.165) is 48.5 Å². The third kappa shape index (κ3) is 26.6. The van der Waals surface area contributed by atoms with E-state index in [2.05, 4.69) is 74.5 Å². The Bertz CT molecular complexity index is 1060. The van der Waals surface area contributed by atoms with Gasteiger partial charge in [0, 0.05) is 20.4 Å². The summed E-state index contributed by atoms with van der Waals surface area (Å²) in [5.41, 5.74) is 4.08. The SMILES string of the molecule is CCCCCCCCCCCCCCCCCCCCCCCCCC/C=C/C(=N\c1ccccc1)C(/CCCC)=N/c1ccccc1.[Pd]. The molecule has 49 heavy (non-hydrogen) atoms. The van der Waals surface area contributed by atoms with Gasteiger partial charge in [0.1, 0.15) is 0 Å². The summed E-state index contributed by atoms with van der Waals surface area (Å²) in [6.45, 7) is 4.55. The van der Waals surface area contributed by atoms with Crippen LogP contribution in [0.1, 0.15) is 194 Å². The van der Waals surface area contributed by atoms with Crippen molar-refractivity contribution in [1.82, 2.24) is 0 Å². The summed E-state index contributed by atoms with van der Waals surface area (Å²) in [6, 6.07) is 20.6. The summed E-state index contributed by atoms with van der Waals surface area (Å²) < 4.78 is 0. The monoisotopic (exact) mass is 760 g/mol. The fourth-order valence-corrected chi connectivity index (χ4v) is 6.50. The second-order valence-corrected chi connectivity index (χ2v) is 14.2. The molecule has 0 fully saturated rings. The van der Waals surface area contributed by atoms with E-state index in [4.69, 9.17) is 9.98 Å². The van der Waals surface area contributed by atoms with Crippen LogP contribution in [0.5, 0.6) is 0 Å². The minimum Gasteiger partial charge on any atom is -0.251 e. The Hall–Kier alpha value is -1.82. The van der Waals surface area contributed by atoms with E-state index < -0.39 is 0 Å². The number of rotatable bonds is 32. The van der Waals surface area contributed by atoms with E-state index in [1.165, 1.54) is 154 Å². The van der Waals surface area contributed by atoms with Gasteiger partial charge < -0.3 is 0 Å². The van der Waals surface area contributed by atoms with Gasteiger partial charge in [-0.3, -0.25) is 4.99 Å². The Morgan fingerprint density at radius 2 is 0.776 bits per heavy atom. The number of para-hydroxylation sites is 2. The van der Waals surface area contributed by atoms with Crippen LogP contribution >= 0.6 is 0 Å². The maximum Gasteiger partial charge on any atom is 0.0848 e. The van der Waals surface area contributed by atoms with Crippen molar-refractivity contribution in [3.05, 3.63) is 72.8 Å². The van der Waals surface area contributed by atoms with Crippen LogP contribution < -0.4 is 0 Å². The minimum atomic E-state index is 0. The first-order valence-corrected chi connectivity index (χ1v) is 20.8. The predicted octanol–water partition coefficient (Wildman–Crippen LogP) is 16.0. The first kappa shape index (κ1) is 45.2. The largest absolute Gasteiger partial charge is 0.251 e. The number of unbranched alkanes of at least 4 members (excludes halogenated alkanes) is 25. The van der Waals surface area contributed by atoms with Crippen molar-refractivity contribution in [3.8, 4) is 0 Å². The van der Waals surface area contributed by atoms with Gasteiger partial charge in [0.05, 0.1) is 22.8 Å². The molecule has 0 aliphatic rings. The van der Waals surface area contributed by atoms with Crippen molar-refractivity contribution in [2.45, 2.75) is 194 Å². The molecule has 0 radical (unpaired) electrons. The number of allylic oxidation sites excluding steroid dienone is 2. The summed E-state index contributed by atoms with van der Waals surface area (Å²) >= 11 is 0. The molecule has 0 aliphatic carbocycles. The second-order valence-electron chi connectivity index (χ2n) is 14.2. The molecule has 2 aromatic rings. The van der Waals surface area contributed by atoms with Crippen LogP contribution in [0.15, 0.2) is 82.8 Å².